The summed E-state index contributed by atoms with van der Waals surface area (Å²) in [6.07, 6.45) is 34.7. The summed E-state index contributed by atoms with van der Waals surface area (Å²) < 4.78 is 5.77. The number of methoxy groups -OCH3 is 1. The molecule has 2 aromatic carbocycles. The van der Waals surface area contributed by atoms with E-state index in [0.29, 0.717) is 28.8 Å². The molecule has 1 aliphatic heterocycles. The van der Waals surface area contributed by atoms with Crippen LogP contribution in [0.5, 0.6) is 5.75 Å². The molecule has 0 spiro atoms. The van der Waals surface area contributed by atoms with Crippen LogP contribution >= 0.6 is 11.6 Å². The second-order valence-corrected chi connectivity index (χ2v) is 13.5. The second kappa shape index (κ2) is 21.4. The van der Waals surface area contributed by atoms with Crippen molar-refractivity contribution in [1.82, 2.24) is 20.3 Å². The van der Waals surface area contributed by atoms with Crippen LogP contribution in [0.3, 0.4) is 0 Å². The number of amides is 1. The fraction of sp³-hybridized carbons (Fsp3) is 0.341. The zero-order valence-corrected chi connectivity index (χ0v) is 31.8. The van der Waals surface area contributed by atoms with Gasteiger partial charge in [0.1, 0.15) is 5.75 Å². The fourth-order valence-electron chi connectivity index (χ4n) is 6.31. The Hall–Kier alpha value is -5.08. The highest BCUT2D eigenvalue weighted by Crippen LogP contribution is 2.35. The molecule has 0 radical (unpaired) electrons. The third-order valence-electron chi connectivity index (χ3n) is 9.18. The van der Waals surface area contributed by atoms with Crippen LogP contribution in [0.2, 0.25) is 5.02 Å². The molecule has 1 aliphatic rings. The first-order valence-corrected chi connectivity index (χ1v) is 19.3. The second-order valence-electron chi connectivity index (χ2n) is 13.1. The third-order valence-corrected chi connectivity index (χ3v) is 9.45. The van der Waals surface area contributed by atoms with Crippen molar-refractivity contribution in [3.05, 3.63) is 121 Å². The molecular formula is C44H53ClN6O2. The molecule has 278 valence electrons. The van der Waals surface area contributed by atoms with Crippen molar-refractivity contribution in [3.63, 3.8) is 0 Å². The lowest BCUT2D eigenvalue weighted by atomic mass is 10.0. The highest BCUT2D eigenvalue weighted by atomic mass is 35.5. The van der Waals surface area contributed by atoms with Crippen LogP contribution in [-0.4, -0.2) is 47.1 Å². The molecule has 0 unspecified atom stereocenters. The Morgan fingerprint density at radius 1 is 0.943 bits per heavy atom. The van der Waals surface area contributed by atoms with Gasteiger partial charge in [0.15, 0.2) is 0 Å². The first-order chi connectivity index (χ1) is 26.1. The summed E-state index contributed by atoms with van der Waals surface area (Å²) in [6, 6.07) is 14.3. The number of hydrogen-bond donors (Lipinski definition) is 3. The Kier molecular flexibility index (Phi) is 15.8. The largest absolute Gasteiger partial charge is 0.494 e. The van der Waals surface area contributed by atoms with Gasteiger partial charge in [-0.25, -0.2) is 9.97 Å². The van der Waals surface area contributed by atoms with Crippen LogP contribution < -0.4 is 20.3 Å². The van der Waals surface area contributed by atoms with Crippen molar-refractivity contribution in [2.75, 3.05) is 30.4 Å². The van der Waals surface area contributed by atoms with Gasteiger partial charge in [0.25, 0.3) is 0 Å². The van der Waals surface area contributed by atoms with Crippen molar-refractivity contribution < 1.29 is 9.53 Å². The number of allylic oxidation sites excluding steroid dienone is 10. The lowest BCUT2D eigenvalue weighted by molar-refractivity contribution is -0.122. The fourth-order valence-corrected chi connectivity index (χ4v) is 6.51. The number of unbranched alkanes of at least 4 members (excludes halogenated alkanes) is 1. The van der Waals surface area contributed by atoms with Gasteiger partial charge < -0.3 is 25.3 Å². The van der Waals surface area contributed by atoms with Crippen molar-refractivity contribution in [1.29, 1.82) is 0 Å². The number of aromatic nitrogens is 3. The average molecular weight is 733 g/mol. The monoisotopic (exact) mass is 732 g/mol. The topological polar surface area (TPSA) is 95.2 Å². The Balaban J connectivity index is 0.995. The predicted molar refractivity (Wildman–Crippen MR) is 222 cm³/mol. The number of hydrogen-bond acceptors (Lipinski definition) is 6. The molecule has 53 heavy (non-hydrogen) atoms. The number of nitrogens with one attached hydrogen (secondary N) is 3. The maximum Gasteiger partial charge on any atom is 0.227 e. The van der Waals surface area contributed by atoms with Gasteiger partial charge >= 0.3 is 0 Å². The van der Waals surface area contributed by atoms with Gasteiger partial charge in [-0.05, 0) is 76.0 Å². The normalized spacial score (nSPS) is 14.2. The lowest BCUT2D eigenvalue weighted by Crippen LogP contribution is -2.44. The number of carbonyl (C=O) groups excluding carboxylic acids is 1. The van der Waals surface area contributed by atoms with E-state index in [1.165, 1.54) is 0 Å². The molecule has 1 saturated heterocycles. The van der Waals surface area contributed by atoms with Crippen LogP contribution in [0.4, 0.5) is 17.3 Å². The van der Waals surface area contributed by atoms with Crippen LogP contribution in [0.15, 0.2) is 116 Å². The first kappa shape index (κ1) is 39.1. The van der Waals surface area contributed by atoms with E-state index in [0.717, 1.165) is 98.7 Å². The van der Waals surface area contributed by atoms with Gasteiger partial charge in [0.2, 0.25) is 11.9 Å². The Morgan fingerprint density at radius 2 is 1.62 bits per heavy atom. The molecule has 0 atom stereocenters. The number of benzene rings is 2. The molecule has 1 fully saturated rings. The molecule has 2 aromatic heterocycles. The van der Waals surface area contributed by atoms with E-state index in [1.807, 2.05) is 42.6 Å². The molecule has 9 heteroatoms. The van der Waals surface area contributed by atoms with Crippen LogP contribution in [0.25, 0.3) is 22.2 Å². The van der Waals surface area contributed by atoms with E-state index in [4.69, 9.17) is 21.3 Å². The quantitative estimate of drug-likeness (QED) is 0.0656. The Morgan fingerprint density at radius 3 is 2.32 bits per heavy atom. The molecule has 4 aromatic rings. The van der Waals surface area contributed by atoms with Crippen molar-refractivity contribution in [2.24, 2.45) is 0 Å². The predicted octanol–water partition coefficient (Wildman–Crippen LogP) is 11.0. The maximum absolute atomic E-state index is 12.6. The molecule has 5 rings (SSSR count). The number of H-pyrrole nitrogens is 1. The number of carbonyl (C=O) groups is 1. The van der Waals surface area contributed by atoms with Gasteiger partial charge in [0, 0.05) is 60.0 Å². The summed E-state index contributed by atoms with van der Waals surface area (Å²) >= 11 is 6.54. The summed E-state index contributed by atoms with van der Waals surface area (Å²) in [4.78, 5) is 27.4. The maximum atomic E-state index is 12.6. The number of rotatable bonds is 19. The summed E-state index contributed by atoms with van der Waals surface area (Å²) in [6.45, 7) is 3.87. The number of anilines is 3. The minimum atomic E-state index is 0.144. The first-order valence-electron chi connectivity index (χ1n) is 18.9. The minimum absolute atomic E-state index is 0.144. The van der Waals surface area contributed by atoms with Crippen LogP contribution in [0.1, 0.15) is 71.1 Å². The van der Waals surface area contributed by atoms with Gasteiger partial charge in [-0.1, -0.05) is 97.5 Å². The number of nitrogens with zero attached hydrogens (tertiary/aromatic N) is 3. The van der Waals surface area contributed by atoms with Gasteiger partial charge in [0.05, 0.1) is 29.7 Å². The van der Waals surface area contributed by atoms with E-state index < -0.39 is 0 Å². The number of halogens is 1. The third kappa shape index (κ3) is 12.2. The van der Waals surface area contributed by atoms with Gasteiger partial charge in [-0.3, -0.25) is 4.79 Å². The molecule has 0 bridgehead atoms. The van der Waals surface area contributed by atoms with E-state index in [-0.39, 0.29) is 11.9 Å². The molecular weight excluding hydrogens is 680 g/mol. The molecule has 8 nitrogen and oxygen atoms in total. The molecule has 3 N–H and O–H groups in total. The standard InChI is InChI=1S/C44H53ClN6O2/c1-3-4-5-6-7-8-9-10-11-12-13-14-15-16-17-18-19-24-42(52)48-34-27-29-51(30-28-34)35-25-26-40(41(31-35)53-2)49-44-47-33-38(45)43(50-44)37-32-46-39-23-21-20-22-36(37)39/h4-5,7-8,10-11,13-14,16-17,20-23,25-26,31-34,46H,3,6,9,12,15,18-19,24,27-30H2,1-2H3,(H,48,52)(H,47,49,50)/b5-4-,8-7-,11-10-,14-13-,17-16-. The van der Waals surface area contributed by atoms with Crippen molar-refractivity contribution in [3.8, 4) is 17.0 Å². The number of piperidine rings is 1. The zero-order valence-electron chi connectivity index (χ0n) is 31.1. The Bertz CT molecular complexity index is 1900. The van der Waals surface area contributed by atoms with E-state index >= 15 is 0 Å². The van der Waals surface area contributed by atoms with Crippen LogP contribution in [0, 0.1) is 0 Å². The van der Waals surface area contributed by atoms with Gasteiger partial charge in [-0.2, -0.15) is 0 Å². The zero-order chi connectivity index (χ0) is 37.1. The smallest absolute Gasteiger partial charge is 0.227 e. The summed E-state index contributed by atoms with van der Waals surface area (Å²) in [5, 5.41) is 8.09. The number of ether oxygens (including phenoxy) is 1. The average Bonchev–Trinajstić information content (AvgIpc) is 3.61. The van der Waals surface area contributed by atoms with E-state index in [2.05, 4.69) is 99.3 Å². The number of fused-ring (bicyclic) bond motifs is 1. The molecule has 3 heterocycles. The molecule has 0 aliphatic carbocycles. The van der Waals surface area contributed by atoms with Crippen LogP contribution in [-0.2, 0) is 4.79 Å². The minimum Gasteiger partial charge on any atom is -0.494 e. The summed E-state index contributed by atoms with van der Waals surface area (Å²) in [7, 11) is 1.66. The number of aromatic amines is 1. The lowest BCUT2D eigenvalue weighted by Gasteiger charge is -2.34. The van der Waals surface area contributed by atoms with E-state index in [1.54, 1.807) is 13.3 Å². The van der Waals surface area contributed by atoms with Crippen molar-refractivity contribution >= 4 is 45.7 Å². The highest BCUT2D eigenvalue weighted by molar-refractivity contribution is 6.33. The summed E-state index contributed by atoms with van der Waals surface area (Å²) in [5.74, 6) is 1.26. The highest BCUT2D eigenvalue weighted by Gasteiger charge is 2.22. The van der Waals surface area contributed by atoms with Gasteiger partial charge in [-0.15, -0.1) is 0 Å². The number of para-hydroxylation sites is 1. The SMILES string of the molecule is CC/C=C\C/C=C\C/C=C\C/C=C\C/C=C\CCCC(=O)NC1CCN(c2ccc(Nc3ncc(Cl)c(-c4c[nH]c5ccccc45)n3)c(OC)c2)CC1. The summed E-state index contributed by atoms with van der Waals surface area (Å²) in [5.41, 5.74) is 4.42. The van der Waals surface area contributed by atoms with E-state index in [9.17, 15) is 4.79 Å². The molecule has 0 saturated carbocycles. The molecule has 1 amide bonds. The Labute approximate surface area is 319 Å². The van der Waals surface area contributed by atoms with Crippen molar-refractivity contribution in [2.45, 2.75) is 77.2 Å².